The van der Waals surface area contributed by atoms with Crippen LogP contribution < -0.4 is 5.32 Å². The highest BCUT2D eigenvalue weighted by Crippen LogP contribution is 2.20. The zero-order valence-electron chi connectivity index (χ0n) is 12.3. The van der Waals surface area contributed by atoms with Crippen LogP contribution in [0.15, 0.2) is 0 Å². The average molecular weight is 286 g/mol. The summed E-state index contributed by atoms with van der Waals surface area (Å²) in [6.45, 7) is 4.29. The molecule has 1 fully saturated rings. The quantitative estimate of drug-likeness (QED) is 0.759. The molecule has 2 atom stereocenters. The van der Waals surface area contributed by atoms with Gasteiger partial charge in [-0.2, -0.15) is 0 Å². The molecule has 0 aliphatic carbocycles. The maximum atomic E-state index is 12.1. The smallest absolute Gasteiger partial charge is 0.407 e. The van der Waals surface area contributed by atoms with E-state index < -0.39 is 12.0 Å². The molecule has 7 heteroatoms. The van der Waals surface area contributed by atoms with Crippen molar-refractivity contribution < 1.29 is 23.9 Å². The largest absolute Gasteiger partial charge is 0.469 e. The van der Waals surface area contributed by atoms with Gasteiger partial charge >= 0.3 is 12.1 Å². The monoisotopic (exact) mass is 286 g/mol. The van der Waals surface area contributed by atoms with Crippen molar-refractivity contribution in [3.63, 3.8) is 0 Å². The van der Waals surface area contributed by atoms with Gasteiger partial charge in [0.1, 0.15) is 0 Å². The van der Waals surface area contributed by atoms with E-state index in [0.717, 1.165) is 0 Å². The summed E-state index contributed by atoms with van der Waals surface area (Å²) < 4.78 is 9.29. The molecular weight excluding hydrogens is 264 g/mol. The second-order valence-electron chi connectivity index (χ2n) is 5.19. The van der Waals surface area contributed by atoms with Gasteiger partial charge in [-0.3, -0.25) is 9.59 Å². The molecule has 1 aliphatic rings. The molecule has 1 rings (SSSR count). The maximum Gasteiger partial charge on any atom is 0.407 e. The van der Waals surface area contributed by atoms with Gasteiger partial charge in [-0.1, -0.05) is 13.8 Å². The molecular formula is C13H22N2O5. The van der Waals surface area contributed by atoms with Crippen LogP contribution in [0, 0.1) is 11.8 Å². The highest BCUT2D eigenvalue weighted by Gasteiger charge is 2.35. The lowest BCUT2D eigenvalue weighted by Gasteiger charge is -2.37. The summed E-state index contributed by atoms with van der Waals surface area (Å²) in [5.74, 6) is -1.01. The molecule has 20 heavy (non-hydrogen) atoms. The molecule has 114 valence electrons. The van der Waals surface area contributed by atoms with Crippen LogP contribution in [0.3, 0.4) is 0 Å². The Morgan fingerprint density at radius 1 is 1.15 bits per heavy atom. The molecule has 0 bridgehead atoms. The number of amides is 2. The molecule has 0 spiro atoms. The second kappa shape index (κ2) is 7.12. The van der Waals surface area contributed by atoms with Crippen molar-refractivity contribution in [2.45, 2.75) is 26.3 Å². The van der Waals surface area contributed by atoms with Crippen LogP contribution in [0.25, 0.3) is 0 Å². The summed E-state index contributed by atoms with van der Waals surface area (Å²) in [4.78, 5) is 36.7. The first-order valence-electron chi connectivity index (χ1n) is 6.60. The Morgan fingerprint density at radius 3 is 2.30 bits per heavy atom. The zero-order valence-corrected chi connectivity index (χ0v) is 12.3. The molecule has 1 saturated heterocycles. The van der Waals surface area contributed by atoms with Gasteiger partial charge in [-0.05, 0) is 6.42 Å². The Morgan fingerprint density at radius 2 is 1.80 bits per heavy atom. The first kappa shape index (κ1) is 16.3. The number of nitrogens with zero attached hydrogens (tertiary/aromatic N) is 1. The highest BCUT2D eigenvalue weighted by molar-refractivity contribution is 5.80. The SMILES string of the molecule is COC(=O)NC1CC(C(=O)OC)CN(C(=O)C(C)C)C1. The summed E-state index contributed by atoms with van der Waals surface area (Å²) in [7, 11) is 2.58. The van der Waals surface area contributed by atoms with Crippen molar-refractivity contribution in [1.82, 2.24) is 10.2 Å². The third kappa shape index (κ3) is 4.11. The van der Waals surface area contributed by atoms with E-state index >= 15 is 0 Å². The first-order chi connectivity index (χ1) is 9.38. The standard InChI is InChI=1S/C13H22N2O5/c1-8(2)11(16)15-6-9(12(17)19-3)5-10(7-15)14-13(18)20-4/h8-10H,5-7H2,1-4H3,(H,14,18). The highest BCUT2D eigenvalue weighted by atomic mass is 16.5. The number of nitrogens with one attached hydrogen (secondary N) is 1. The van der Waals surface area contributed by atoms with Crippen LogP contribution in [0.4, 0.5) is 4.79 Å². The number of hydrogen-bond acceptors (Lipinski definition) is 5. The summed E-state index contributed by atoms with van der Waals surface area (Å²) in [5, 5.41) is 2.64. The van der Waals surface area contributed by atoms with Gasteiger partial charge in [0.15, 0.2) is 0 Å². The predicted molar refractivity (Wildman–Crippen MR) is 70.9 cm³/mol. The van der Waals surface area contributed by atoms with E-state index in [9.17, 15) is 14.4 Å². The van der Waals surface area contributed by atoms with Crippen LogP contribution in [-0.2, 0) is 19.1 Å². The predicted octanol–water partition coefficient (Wildman–Crippen LogP) is 0.389. The number of methoxy groups -OCH3 is 2. The van der Waals surface area contributed by atoms with E-state index in [0.29, 0.717) is 19.5 Å². The summed E-state index contributed by atoms with van der Waals surface area (Å²) in [6.07, 6.45) is -0.138. The second-order valence-corrected chi connectivity index (χ2v) is 5.19. The molecule has 1 N–H and O–H groups in total. The average Bonchev–Trinajstić information content (AvgIpc) is 2.44. The summed E-state index contributed by atoms with van der Waals surface area (Å²) >= 11 is 0. The lowest BCUT2D eigenvalue weighted by Crippen LogP contribution is -2.54. The number of alkyl carbamates (subject to hydrolysis) is 1. The van der Waals surface area contributed by atoms with E-state index in [4.69, 9.17) is 4.74 Å². The van der Waals surface area contributed by atoms with Gasteiger partial charge in [-0.15, -0.1) is 0 Å². The Bertz CT molecular complexity index is 383. The van der Waals surface area contributed by atoms with Gasteiger partial charge < -0.3 is 19.7 Å². The van der Waals surface area contributed by atoms with E-state index in [1.807, 2.05) is 0 Å². The Balaban J connectivity index is 2.79. The van der Waals surface area contributed by atoms with Crippen LogP contribution in [0.2, 0.25) is 0 Å². The number of esters is 1. The molecule has 2 amide bonds. The molecule has 0 aromatic heterocycles. The minimum atomic E-state index is -0.572. The maximum absolute atomic E-state index is 12.1. The Labute approximate surface area is 118 Å². The number of ether oxygens (including phenoxy) is 2. The normalized spacial score (nSPS) is 22.4. The molecule has 2 unspecified atom stereocenters. The molecule has 1 heterocycles. The number of piperidine rings is 1. The number of carbonyl (C=O) groups is 3. The van der Waals surface area contributed by atoms with Crippen molar-refractivity contribution in [2.24, 2.45) is 11.8 Å². The van der Waals surface area contributed by atoms with Crippen molar-refractivity contribution in [1.29, 1.82) is 0 Å². The summed E-state index contributed by atoms with van der Waals surface area (Å²) in [5.41, 5.74) is 0. The van der Waals surface area contributed by atoms with Crippen molar-refractivity contribution in [3.8, 4) is 0 Å². The lowest BCUT2D eigenvalue weighted by molar-refractivity contribution is -0.150. The third-order valence-electron chi connectivity index (χ3n) is 3.30. The number of rotatable bonds is 3. The van der Waals surface area contributed by atoms with Crippen LogP contribution >= 0.6 is 0 Å². The van der Waals surface area contributed by atoms with Crippen molar-refractivity contribution in [2.75, 3.05) is 27.3 Å². The fraction of sp³-hybridized carbons (Fsp3) is 0.769. The summed E-state index contributed by atoms with van der Waals surface area (Å²) in [6, 6.07) is -0.317. The number of carbonyl (C=O) groups excluding carboxylic acids is 3. The first-order valence-corrected chi connectivity index (χ1v) is 6.60. The van der Waals surface area contributed by atoms with Gasteiger partial charge in [0.05, 0.1) is 26.2 Å². The fourth-order valence-electron chi connectivity index (χ4n) is 2.31. The van der Waals surface area contributed by atoms with Crippen LogP contribution in [-0.4, -0.2) is 56.2 Å². The number of likely N-dealkylation sites (tertiary alicyclic amines) is 1. The van der Waals surface area contributed by atoms with E-state index in [1.165, 1.54) is 14.2 Å². The molecule has 1 aliphatic heterocycles. The third-order valence-corrected chi connectivity index (χ3v) is 3.30. The van der Waals surface area contributed by atoms with Crippen molar-refractivity contribution in [3.05, 3.63) is 0 Å². The molecule has 0 radical (unpaired) electrons. The van der Waals surface area contributed by atoms with Gasteiger partial charge in [0.25, 0.3) is 0 Å². The molecule has 7 nitrogen and oxygen atoms in total. The zero-order chi connectivity index (χ0) is 15.3. The van der Waals surface area contributed by atoms with Gasteiger partial charge in [-0.25, -0.2) is 4.79 Å². The lowest BCUT2D eigenvalue weighted by atomic mass is 9.93. The minimum absolute atomic E-state index is 0.0460. The van der Waals surface area contributed by atoms with E-state index in [2.05, 4.69) is 10.1 Å². The number of hydrogen-bond donors (Lipinski definition) is 1. The van der Waals surface area contributed by atoms with Crippen molar-refractivity contribution >= 4 is 18.0 Å². The Hall–Kier alpha value is -1.79. The molecule has 0 aromatic carbocycles. The minimum Gasteiger partial charge on any atom is -0.469 e. The van der Waals surface area contributed by atoms with E-state index in [1.54, 1.807) is 18.7 Å². The fourth-order valence-corrected chi connectivity index (χ4v) is 2.31. The molecule has 0 aromatic rings. The Kier molecular flexibility index (Phi) is 5.79. The topological polar surface area (TPSA) is 84.9 Å². The molecule has 0 saturated carbocycles. The van der Waals surface area contributed by atoms with E-state index in [-0.39, 0.29) is 23.8 Å². The van der Waals surface area contributed by atoms with Gasteiger partial charge in [0, 0.05) is 19.0 Å². The van der Waals surface area contributed by atoms with Crippen LogP contribution in [0.1, 0.15) is 20.3 Å². The van der Waals surface area contributed by atoms with Gasteiger partial charge in [0.2, 0.25) is 5.91 Å². The van der Waals surface area contributed by atoms with Crippen LogP contribution in [0.5, 0.6) is 0 Å².